The number of amides is 1. The van der Waals surface area contributed by atoms with Crippen molar-refractivity contribution in [1.29, 1.82) is 0 Å². The minimum atomic E-state index is 0.0152. The van der Waals surface area contributed by atoms with E-state index in [1.165, 1.54) is 0 Å². The fraction of sp³-hybridized carbons (Fsp3) is 0.263. The number of benzene rings is 2. The molecule has 0 aliphatic heterocycles. The van der Waals surface area contributed by atoms with Gasteiger partial charge in [0.15, 0.2) is 5.13 Å². The topological polar surface area (TPSA) is 33.2 Å². The molecule has 3 nitrogen and oxygen atoms in total. The van der Waals surface area contributed by atoms with Crippen LogP contribution in [0.4, 0.5) is 5.13 Å². The largest absolute Gasteiger partial charge is 0.284 e. The van der Waals surface area contributed by atoms with Crippen molar-refractivity contribution in [3.05, 3.63) is 59.7 Å². The maximum atomic E-state index is 13.0. The zero-order chi connectivity index (χ0) is 16.4. The summed E-state index contributed by atoms with van der Waals surface area (Å²) in [6.07, 6.45) is 0. The van der Waals surface area contributed by atoms with Crippen LogP contribution in [0.25, 0.3) is 10.2 Å². The fourth-order valence-electron chi connectivity index (χ4n) is 2.52. The zero-order valence-corrected chi connectivity index (χ0v) is 14.4. The molecule has 1 amide bonds. The second kappa shape index (κ2) is 6.50. The summed E-state index contributed by atoms with van der Waals surface area (Å²) in [6.45, 7) is 6.89. The number of hydrogen-bond donors (Lipinski definition) is 0. The Balaban J connectivity index is 2.01. The molecule has 0 aliphatic carbocycles. The van der Waals surface area contributed by atoms with Gasteiger partial charge in [0, 0.05) is 12.1 Å². The number of aromatic nitrogens is 1. The molecule has 0 aliphatic rings. The average molecular weight is 324 g/mol. The summed E-state index contributed by atoms with van der Waals surface area (Å²) in [6, 6.07) is 15.7. The van der Waals surface area contributed by atoms with Gasteiger partial charge < -0.3 is 0 Å². The van der Waals surface area contributed by atoms with Gasteiger partial charge in [-0.15, -0.1) is 0 Å². The van der Waals surface area contributed by atoms with Crippen molar-refractivity contribution in [3.63, 3.8) is 0 Å². The summed E-state index contributed by atoms with van der Waals surface area (Å²) < 4.78 is 1.10. The first-order chi connectivity index (χ1) is 11.0. The fourth-order valence-corrected chi connectivity index (χ4v) is 3.50. The van der Waals surface area contributed by atoms with E-state index in [1.54, 1.807) is 11.3 Å². The minimum Gasteiger partial charge on any atom is -0.284 e. The van der Waals surface area contributed by atoms with Crippen LogP contribution in [-0.4, -0.2) is 17.4 Å². The van der Waals surface area contributed by atoms with Crippen molar-refractivity contribution in [3.8, 4) is 0 Å². The van der Waals surface area contributed by atoms with Crippen molar-refractivity contribution in [2.45, 2.75) is 20.8 Å². The lowest BCUT2D eigenvalue weighted by molar-refractivity contribution is 0.0984. The highest BCUT2D eigenvalue weighted by molar-refractivity contribution is 7.22. The lowest BCUT2D eigenvalue weighted by Crippen LogP contribution is -2.34. The number of carbonyl (C=O) groups excluding carboxylic acids is 1. The molecule has 0 atom stereocenters. The standard InChI is InChI=1S/C19H20N2OS/c1-13(2)12-21(18(22)15-8-6-7-14(3)11-15)19-20-16-9-4-5-10-17(16)23-19/h4-11,13H,12H2,1-3H3. The summed E-state index contributed by atoms with van der Waals surface area (Å²) in [4.78, 5) is 19.5. The van der Waals surface area contributed by atoms with Gasteiger partial charge in [0.1, 0.15) is 0 Å². The van der Waals surface area contributed by atoms with Gasteiger partial charge in [-0.1, -0.05) is 55.0 Å². The van der Waals surface area contributed by atoms with Crippen molar-refractivity contribution in [1.82, 2.24) is 4.98 Å². The third-order valence-electron chi connectivity index (χ3n) is 3.57. The number of rotatable bonds is 4. The molecular formula is C19H20N2OS. The van der Waals surface area contributed by atoms with Gasteiger partial charge >= 0.3 is 0 Å². The maximum Gasteiger partial charge on any atom is 0.260 e. The molecule has 118 valence electrons. The Morgan fingerprint density at radius 2 is 1.96 bits per heavy atom. The molecule has 0 saturated carbocycles. The van der Waals surface area contributed by atoms with Gasteiger partial charge in [0.25, 0.3) is 5.91 Å². The molecule has 1 heterocycles. The lowest BCUT2D eigenvalue weighted by Gasteiger charge is -2.22. The smallest absolute Gasteiger partial charge is 0.260 e. The molecule has 0 N–H and O–H groups in total. The maximum absolute atomic E-state index is 13.0. The SMILES string of the molecule is Cc1cccc(C(=O)N(CC(C)C)c2nc3ccccc3s2)c1. The van der Waals surface area contributed by atoms with Crippen LogP contribution in [0, 0.1) is 12.8 Å². The van der Waals surface area contributed by atoms with Crippen molar-refractivity contribution in [2.24, 2.45) is 5.92 Å². The molecule has 0 bridgehead atoms. The molecule has 0 saturated heterocycles. The number of nitrogens with zero attached hydrogens (tertiary/aromatic N) is 2. The molecule has 2 aromatic carbocycles. The third-order valence-corrected chi connectivity index (χ3v) is 4.63. The molecule has 0 unspecified atom stereocenters. The first kappa shape index (κ1) is 15.7. The van der Waals surface area contributed by atoms with Gasteiger partial charge in [-0.2, -0.15) is 0 Å². The molecular weight excluding hydrogens is 304 g/mol. The number of anilines is 1. The van der Waals surface area contributed by atoms with Crippen LogP contribution in [0.1, 0.15) is 29.8 Å². The Kier molecular flexibility index (Phi) is 4.44. The van der Waals surface area contributed by atoms with Crippen molar-refractivity contribution < 1.29 is 4.79 Å². The molecule has 23 heavy (non-hydrogen) atoms. The van der Waals surface area contributed by atoms with Crippen LogP contribution < -0.4 is 4.90 Å². The van der Waals surface area contributed by atoms with E-state index in [9.17, 15) is 4.79 Å². The van der Waals surface area contributed by atoms with E-state index in [1.807, 2.05) is 60.4 Å². The van der Waals surface area contributed by atoms with Gasteiger partial charge in [0.2, 0.25) is 0 Å². The summed E-state index contributed by atoms with van der Waals surface area (Å²) in [5.41, 5.74) is 2.74. The predicted molar refractivity (Wildman–Crippen MR) is 97.3 cm³/mol. The van der Waals surface area contributed by atoms with Gasteiger partial charge in [-0.05, 0) is 37.1 Å². The van der Waals surface area contributed by atoms with E-state index in [4.69, 9.17) is 0 Å². The number of carbonyl (C=O) groups is 1. The summed E-state index contributed by atoms with van der Waals surface area (Å²) >= 11 is 1.57. The lowest BCUT2D eigenvalue weighted by atomic mass is 10.1. The van der Waals surface area contributed by atoms with E-state index >= 15 is 0 Å². The van der Waals surface area contributed by atoms with Crippen LogP contribution in [0.5, 0.6) is 0 Å². The molecule has 3 aromatic rings. The van der Waals surface area contributed by atoms with E-state index in [0.29, 0.717) is 18.0 Å². The van der Waals surface area contributed by atoms with Crippen molar-refractivity contribution in [2.75, 3.05) is 11.4 Å². The molecule has 3 rings (SSSR count). The monoisotopic (exact) mass is 324 g/mol. The quantitative estimate of drug-likeness (QED) is 0.683. The molecule has 0 spiro atoms. The first-order valence-electron chi connectivity index (χ1n) is 7.78. The number of fused-ring (bicyclic) bond motifs is 1. The van der Waals surface area contributed by atoms with Crippen LogP contribution in [0.3, 0.4) is 0 Å². The normalized spacial score (nSPS) is 11.1. The number of hydrogen-bond acceptors (Lipinski definition) is 3. The Bertz CT molecular complexity index is 805. The summed E-state index contributed by atoms with van der Waals surface area (Å²) in [5, 5.41) is 0.770. The first-order valence-corrected chi connectivity index (χ1v) is 8.60. The van der Waals surface area contributed by atoms with Crippen LogP contribution in [-0.2, 0) is 0 Å². The van der Waals surface area contributed by atoms with Crippen LogP contribution >= 0.6 is 11.3 Å². The Labute approximate surface area is 140 Å². The van der Waals surface area contributed by atoms with Gasteiger partial charge in [0.05, 0.1) is 10.2 Å². The Morgan fingerprint density at radius 3 is 2.65 bits per heavy atom. The van der Waals surface area contributed by atoms with Crippen LogP contribution in [0.2, 0.25) is 0 Å². The molecule has 4 heteroatoms. The van der Waals surface area contributed by atoms with Crippen LogP contribution in [0.15, 0.2) is 48.5 Å². The van der Waals surface area contributed by atoms with Gasteiger partial charge in [-0.25, -0.2) is 4.98 Å². The highest BCUT2D eigenvalue weighted by atomic mass is 32.1. The Hall–Kier alpha value is -2.20. The predicted octanol–water partition coefficient (Wildman–Crippen LogP) is 4.91. The zero-order valence-electron chi connectivity index (χ0n) is 13.6. The minimum absolute atomic E-state index is 0.0152. The summed E-state index contributed by atoms with van der Waals surface area (Å²) in [5.74, 6) is 0.386. The number of para-hydroxylation sites is 1. The number of thiazole rings is 1. The van der Waals surface area contributed by atoms with E-state index in [2.05, 4.69) is 18.8 Å². The van der Waals surface area contributed by atoms with E-state index < -0.39 is 0 Å². The van der Waals surface area contributed by atoms with E-state index in [-0.39, 0.29) is 5.91 Å². The second-order valence-corrected chi connectivity index (χ2v) is 7.15. The molecule has 1 aromatic heterocycles. The molecule has 0 fully saturated rings. The number of aryl methyl sites for hydroxylation is 1. The van der Waals surface area contributed by atoms with Gasteiger partial charge in [-0.3, -0.25) is 9.69 Å². The second-order valence-electron chi connectivity index (χ2n) is 6.14. The summed E-state index contributed by atoms with van der Waals surface area (Å²) in [7, 11) is 0. The van der Waals surface area contributed by atoms with E-state index in [0.717, 1.165) is 20.9 Å². The highest BCUT2D eigenvalue weighted by Crippen LogP contribution is 2.30. The third kappa shape index (κ3) is 3.42. The highest BCUT2D eigenvalue weighted by Gasteiger charge is 2.22. The molecule has 0 radical (unpaired) electrons. The average Bonchev–Trinajstić information content (AvgIpc) is 2.95. The Morgan fingerprint density at radius 1 is 1.17 bits per heavy atom. The van der Waals surface area contributed by atoms with Crippen molar-refractivity contribution >= 4 is 32.6 Å².